The number of benzene rings is 2. The van der Waals surface area contributed by atoms with Crippen LogP contribution in [-0.2, 0) is 6.54 Å². The minimum atomic E-state index is -0.986. The van der Waals surface area contributed by atoms with Gasteiger partial charge in [0.15, 0.2) is 22.6 Å². The van der Waals surface area contributed by atoms with Gasteiger partial charge < -0.3 is 5.32 Å². The predicted molar refractivity (Wildman–Crippen MR) is 83.2 cm³/mol. The molecular formula is C15H9Cl2F2N3. The van der Waals surface area contributed by atoms with Gasteiger partial charge in [-0.15, -0.1) is 0 Å². The fraction of sp³-hybridized carbons (Fsp3) is 0.0667. The van der Waals surface area contributed by atoms with E-state index >= 15 is 0 Å². The summed E-state index contributed by atoms with van der Waals surface area (Å²) in [6, 6.07) is 9.20. The Labute approximate surface area is 134 Å². The molecule has 0 aliphatic rings. The molecule has 22 heavy (non-hydrogen) atoms. The predicted octanol–water partition coefficient (Wildman–Crippen LogP) is 4.83. The maximum atomic E-state index is 13.3. The third-order valence-corrected chi connectivity index (χ3v) is 3.55. The lowest BCUT2D eigenvalue weighted by atomic mass is 10.2. The van der Waals surface area contributed by atoms with Gasteiger partial charge in [-0.2, -0.15) is 0 Å². The van der Waals surface area contributed by atoms with Gasteiger partial charge in [0.2, 0.25) is 0 Å². The van der Waals surface area contributed by atoms with E-state index in [1.165, 1.54) is 0 Å². The van der Waals surface area contributed by atoms with Crippen molar-refractivity contribution in [3.8, 4) is 0 Å². The molecule has 0 aliphatic carbocycles. The normalized spacial score (nSPS) is 10.9. The lowest BCUT2D eigenvalue weighted by Crippen LogP contribution is -2.03. The van der Waals surface area contributed by atoms with Crippen LogP contribution >= 0.6 is 23.2 Å². The first-order chi connectivity index (χ1) is 10.5. The third kappa shape index (κ3) is 3.10. The van der Waals surface area contributed by atoms with Crippen LogP contribution < -0.4 is 5.32 Å². The van der Waals surface area contributed by atoms with E-state index in [9.17, 15) is 8.78 Å². The molecule has 0 saturated carbocycles. The summed E-state index contributed by atoms with van der Waals surface area (Å²) in [6.45, 7) is 0.445. The smallest absolute Gasteiger partial charge is 0.172 e. The van der Waals surface area contributed by atoms with Crippen molar-refractivity contribution in [2.45, 2.75) is 6.54 Å². The quantitative estimate of drug-likeness (QED) is 0.742. The number of rotatable bonds is 3. The van der Waals surface area contributed by atoms with Crippen molar-refractivity contribution in [2.24, 2.45) is 0 Å². The molecule has 0 fully saturated rings. The van der Waals surface area contributed by atoms with Crippen LogP contribution in [0.5, 0.6) is 0 Å². The van der Waals surface area contributed by atoms with Crippen molar-refractivity contribution in [1.29, 1.82) is 0 Å². The van der Waals surface area contributed by atoms with Crippen LogP contribution in [-0.4, -0.2) is 9.97 Å². The number of nitrogens with zero attached hydrogens (tertiary/aromatic N) is 2. The minimum Gasteiger partial charge on any atom is -0.363 e. The number of nitrogens with one attached hydrogen (secondary N) is 1. The summed E-state index contributed by atoms with van der Waals surface area (Å²) in [5.41, 5.74) is 1.38. The Hall–Kier alpha value is -1.98. The van der Waals surface area contributed by atoms with Crippen molar-refractivity contribution in [2.75, 3.05) is 5.32 Å². The molecule has 0 atom stereocenters. The zero-order chi connectivity index (χ0) is 15.7. The molecular weight excluding hydrogens is 331 g/mol. The second kappa shape index (κ2) is 6.02. The molecule has 0 radical (unpaired) electrons. The molecule has 0 amide bonds. The Bertz CT molecular complexity index is 838. The van der Waals surface area contributed by atoms with Crippen molar-refractivity contribution >= 4 is 40.1 Å². The highest BCUT2D eigenvalue weighted by atomic mass is 35.5. The molecule has 3 nitrogen and oxygen atoms in total. The van der Waals surface area contributed by atoms with Crippen LogP contribution in [0.15, 0.2) is 36.4 Å². The standard InChI is InChI=1S/C15H9Cl2F2N3/c16-9-3-1-8(2-4-9)7-20-15-14(17)21-12-5-10(18)11(19)6-13(12)22-15/h1-6H,7H2,(H,20,22). The largest absolute Gasteiger partial charge is 0.363 e. The van der Waals surface area contributed by atoms with Gasteiger partial charge in [0.25, 0.3) is 0 Å². The summed E-state index contributed by atoms with van der Waals surface area (Å²) in [6.07, 6.45) is 0. The Morgan fingerprint density at radius 1 is 0.909 bits per heavy atom. The van der Waals surface area contributed by atoms with E-state index in [0.29, 0.717) is 17.4 Å². The van der Waals surface area contributed by atoms with E-state index in [2.05, 4.69) is 15.3 Å². The van der Waals surface area contributed by atoms with Crippen molar-refractivity contribution in [3.05, 3.63) is 63.8 Å². The summed E-state index contributed by atoms with van der Waals surface area (Å²) in [5.74, 6) is -1.66. The molecule has 0 bridgehead atoms. The molecule has 1 N–H and O–H groups in total. The number of halogens is 4. The van der Waals surface area contributed by atoms with Gasteiger partial charge in [0.1, 0.15) is 0 Å². The first-order valence-corrected chi connectivity index (χ1v) is 7.09. The monoisotopic (exact) mass is 339 g/mol. The first-order valence-electron chi connectivity index (χ1n) is 6.33. The maximum absolute atomic E-state index is 13.3. The molecule has 1 heterocycles. The van der Waals surface area contributed by atoms with Crippen LogP contribution in [0.25, 0.3) is 11.0 Å². The second-order valence-corrected chi connectivity index (χ2v) is 5.39. The Balaban J connectivity index is 1.88. The van der Waals surface area contributed by atoms with Gasteiger partial charge in [-0.25, -0.2) is 18.7 Å². The van der Waals surface area contributed by atoms with E-state index in [-0.39, 0.29) is 16.2 Å². The van der Waals surface area contributed by atoms with Gasteiger partial charge in [-0.05, 0) is 17.7 Å². The highest BCUT2D eigenvalue weighted by molar-refractivity contribution is 6.32. The van der Waals surface area contributed by atoms with E-state index in [4.69, 9.17) is 23.2 Å². The third-order valence-electron chi connectivity index (χ3n) is 3.04. The molecule has 7 heteroatoms. The zero-order valence-electron chi connectivity index (χ0n) is 11.1. The fourth-order valence-electron chi connectivity index (χ4n) is 1.93. The SMILES string of the molecule is Fc1cc2nc(Cl)c(NCc3ccc(Cl)cc3)nc2cc1F. The summed E-state index contributed by atoms with van der Waals surface area (Å²) < 4.78 is 26.4. The average Bonchev–Trinajstić information content (AvgIpc) is 2.49. The van der Waals surface area contributed by atoms with E-state index in [1.807, 2.05) is 12.1 Å². The van der Waals surface area contributed by atoms with Crippen LogP contribution in [0.1, 0.15) is 5.56 Å². The lowest BCUT2D eigenvalue weighted by molar-refractivity contribution is 0.510. The highest BCUT2D eigenvalue weighted by Gasteiger charge is 2.10. The van der Waals surface area contributed by atoms with E-state index < -0.39 is 11.6 Å². The topological polar surface area (TPSA) is 37.8 Å². The minimum absolute atomic E-state index is 0.0903. The summed E-state index contributed by atoms with van der Waals surface area (Å²) >= 11 is 11.8. The van der Waals surface area contributed by atoms with Crippen molar-refractivity contribution in [1.82, 2.24) is 9.97 Å². The molecule has 2 aromatic carbocycles. The van der Waals surface area contributed by atoms with Crippen LogP contribution in [0.2, 0.25) is 10.2 Å². The van der Waals surface area contributed by atoms with Gasteiger partial charge >= 0.3 is 0 Å². The number of hydrogen-bond donors (Lipinski definition) is 1. The molecule has 0 saturated heterocycles. The number of hydrogen-bond acceptors (Lipinski definition) is 3. The van der Waals surface area contributed by atoms with Crippen molar-refractivity contribution in [3.63, 3.8) is 0 Å². The van der Waals surface area contributed by atoms with Crippen LogP contribution in [0.4, 0.5) is 14.6 Å². The van der Waals surface area contributed by atoms with E-state index in [1.54, 1.807) is 12.1 Å². The molecule has 0 unspecified atom stereocenters. The molecule has 0 aliphatic heterocycles. The summed E-state index contributed by atoms with van der Waals surface area (Å²) in [7, 11) is 0. The Morgan fingerprint density at radius 3 is 2.14 bits per heavy atom. The molecule has 3 aromatic rings. The highest BCUT2D eigenvalue weighted by Crippen LogP contribution is 2.23. The molecule has 1 aromatic heterocycles. The number of anilines is 1. The van der Waals surface area contributed by atoms with E-state index in [0.717, 1.165) is 17.7 Å². The number of aromatic nitrogens is 2. The van der Waals surface area contributed by atoms with Crippen LogP contribution in [0.3, 0.4) is 0 Å². The first kappa shape index (κ1) is 14.9. The van der Waals surface area contributed by atoms with Gasteiger partial charge in [0, 0.05) is 23.7 Å². The second-order valence-electron chi connectivity index (χ2n) is 4.60. The molecule has 0 spiro atoms. The fourth-order valence-corrected chi connectivity index (χ4v) is 2.26. The Kier molecular flexibility index (Phi) is 4.09. The zero-order valence-corrected chi connectivity index (χ0v) is 12.6. The summed E-state index contributed by atoms with van der Waals surface area (Å²) in [4.78, 5) is 8.19. The summed E-state index contributed by atoms with van der Waals surface area (Å²) in [5, 5.41) is 3.74. The van der Waals surface area contributed by atoms with Crippen molar-refractivity contribution < 1.29 is 8.78 Å². The maximum Gasteiger partial charge on any atom is 0.172 e. The van der Waals surface area contributed by atoms with Gasteiger partial charge in [-0.3, -0.25) is 0 Å². The average molecular weight is 340 g/mol. The van der Waals surface area contributed by atoms with Crippen LogP contribution in [0, 0.1) is 11.6 Å². The number of fused-ring (bicyclic) bond motifs is 1. The molecule has 112 valence electrons. The van der Waals surface area contributed by atoms with Gasteiger partial charge in [0.05, 0.1) is 11.0 Å². The Morgan fingerprint density at radius 2 is 1.50 bits per heavy atom. The molecule has 3 rings (SSSR count). The van der Waals surface area contributed by atoms with Gasteiger partial charge in [-0.1, -0.05) is 35.3 Å². The lowest BCUT2D eigenvalue weighted by Gasteiger charge is -2.09.